The van der Waals surface area contributed by atoms with Crippen LogP contribution >= 0.6 is 0 Å². The summed E-state index contributed by atoms with van der Waals surface area (Å²) < 4.78 is 31.1. The molecule has 0 unspecified atom stereocenters. The minimum absolute atomic E-state index is 0.164. The van der Waals surface area contributed by atoms with Crippen LogP contribution in [-0.2, 0) is 17.1 Å². The second kappa shape index (κ2) is 9.27. The maximum Gasteiger partial charge on any atom is 0.295 e. The predicted molar refractivity (Wildman–Crippen MR) is 137 cm³/mol. The molecule has 2 N–H and O–H groups in total. The normalized spacial score (nSPS) is 11.3. The smallest absolute Gasteiger partial charge is 0.295 e. The van der Waals surface area contributed by atoms with E-state index in [1.165, 1.54) is 28.9 Å². The molecule has 4 aromatic rings. The van der Waals surface area contributed by atoms with Crippen molar-refractivity contribution in [2.75, 3.05) is 10.0 Å². The Morgan fingerprint density at radius 1 is 0.857 bits per heavy atom. The van der Waals surface area contributed by atoms with Gasteiger partial charge in [0.25, 0.3) is 21.5 Å². The number of carbonyl (C=O) groups is 1. The third kappa shape index (κ3) is 4.76. The van der Waals surface area contributed by atoms with E-state index in [9.17, 15) is 18.0 Å². The second-order valence-corrected chi connectivity index (χ2v) is 10.0. The summed E-state index contributed by atoms with van der Waals surface area (Å²) in [5.74, 6) is -0.473. The molecule has 1 heterocycles. The van der Waals surface area contributed by atoms with Crippen molar-refractivity contribution in [2.45, 2.75) is 25.7 Å². The van der Waals surface area contributed by atoms with Gasteiger partial charge in [0.2, 0.25) is 0 Å². The first-order chi connectivity index (χ1) is 16.6. The monoisotopic (exact) mass is 490 g/mol. The highest BCUT2D eigenvalue weighted by Gasteiger charge is 2.19. The Hall–Kier alpha value is -4.11. The van der Waals surface area contributed by atoms with E-state index in [1.54, 1.807) is 36.9 Å². The maximum atomic E-state index is 13.0. The lowest BCUT2D eigenvalue weighted by atomic mass is 10.1. The summed E-state index contributed by atoms with van der Waals surface area (Å²) in [5, 5.41) is 2.70. The summed E-state index contributed by atoms with van der Waals surface area (Å²) in [4.78, 5) is 26.0. The molecular formula is C26H26N4O4S. The molecule has 0 saturated heterocycles. The summed E-state index contributed by atoms with van der Waals surface area (Å²) in [5.41, 5.74) is 3.61. The molecule has 0 aliphatic heterocycles. The van der Waals surface area contributed by atoms with Crippen molar-refractivity contribution < 1.29 is 13.2 Å². The van der Waals surface area contributed by atoms with Gasteiger partial charge in [0, 0.05) is 18.3 Å². The third-order valence-electron chi connectivity index (χ3n) is 5.98. The lowest BCUT2D eigenvalue weighted by Crippen LogP contribution is -2.23. The minimum Gasteiger partial charge on any atom is -0.316 e. The molecule has 180 valence electrons. The Kier molecular flexibility index (Phi) is 6.36. The van der Waals surface area contributed by atoms with Gasteiger partial charge < -0.3 is 5.32 Å². The van der Waals surface area contributed by atoms with Gasteiger partial charge in [-0.05, 0) is 80.4 Å². The number of nitrogens with one attached hydrogen (secondary N) is 2. The molecule has 3 aromatic carbocycles. The lowest BCUT2D eigenvalue weighted by molar-refractivity contribution is 0.102. The molecule has 0 saturated carbocycles. The zero-order valence-electron chi connectivity index (χ0n) is 19.9. The second-order valence-electron chi connectivity index (χ2n) is 8.32. The van der Waals surface area contributed by atoms with Gasteiger partial charge >= 0.3 is 0 Å². The van der Waals surface area contributed by atoms with Crippen molar-refractivity contribution in [3.63, 3.8) is 0 Å². The summed E-state index contributed by atoms with van der Waals surface area (Å²) in [6, 6.07) is 20.1. The van der Waals surface area contributed by atoms with E-state index in [4.69, 9.17) is 0 Å². The minimum atomic E-state index is -3.77. The van der Waals surface area contributed by atoms with Gasteiger partial charge in [-0.3, -0.25) is 19.0 Å². The van der Waals surface area contributed by atoms with Crippen LogP contribution in [0.3, 0.4) is 0 Å². The number of nitrogens with zero attached hydrogens (tertiary/aromatic N) is 2. The topological polar surface area (TPSA) is 102 Å². The molecule has 0 spiro atoms. The van der Waals surface area contributed by atoms with Gasteiger partial charge in [-0.2, -0.15) is 0 Å². The molecule has 0 radical (unpaired) electrons. The number of hydrogen-bond donors (Lipinski definition) is 2. The SMILES string of the molecule is Cc1ccc(S(=O)(=O)Nc2ccc(C(=O)Nc3c(C)n(C)n(-c4ccccc4)c3=O)cc2)cc1C. The van der Waals surface area contributed by atoms with Crippen LogP contribution in [0.4, 0.5) is 11.4 Å². The van der Waals surface area contributed by atoms with Crippen molar-refractivity contribution in [1.82, 2.24) is 9.36 Å². The molecule has 0 bridgehead atoms. The standard InChI is InChI=1S/C26H26N4O4S/c1-17-10-15-23(16-18(17)2)35(33,34)28-21-13-11-20(12-14-21)25(31)27-24-19(3)29(4)30(26(24)32)22-8-6-5-7-9-22/h5-16,28H,1-4H3,(H,27,31). The third-order valence-corrected chi connectivity index (χ3v) is 7.36. The number of amides is 1. The first-order valence-corrected chi connectivity index (χ1v) is 12.4. The van der Waals surface area contributed by atoms with Crippen LogP contribution in [0.2, 0.25) is 0 Å². The average molecular weight is 491 g/mol. The molecule has 1 amide bonds. The fraction of sp³-hybridized carbons (Fsp3) is 0.154. The van der Waals surface area contributed by atoms with Gasteiger partial charge in [-0.1, -0.05) is 24.3 Å². The van der Waals surface area contributed by atoms with E-state index >= 15 is 0 Å². The molecule has 0 fully saturated rings. The number of aryl methyl sites for hydroxylation is 2. The van der Waals surface area contributed by atoms with Crippen LogP contribution in [0.5, 0.6) is 0 Å². The summed E-state index contributed by atoms with van der Waals surface area (Å²) in [6.45, 7) is 5.52. The van der Waals surface area contributed by atoms with Crippen molar-refractivity contribution in [1.29, 1.82) is 0 Å². The van der Waals surface area contributed by atoms with Gasteiger partial charge in [0.1, 0.15) is 5.69 Å². The van der Waals surface area contributed by atoms with Crippen molar-refractivity contribution in [3.05, 3.63) is 106 Å². The van der Waals surface area contributed by atoms with Gasteiger partial charge in [-0.15, -0.1) is 0 Å². The van der Waals surface area contributed by atoms with E-state index in [2.05, 4.69) is 10.0 Å². The fourth-order valence-electron chi connectivity index (χ4n) is 3.68. The molecule has 4 rings (SSSR count). The molecule has 0 aliphatic rings. The Morgan fingerprint density at radius 2 is 1.51 bits per heavy atom. The van der Waals surface area contributed by atoms with Crippen molar-refractivity contribution in [3.8, 4) is 5.69 Å². The largest absolute Gasteiger partial charge is 0.316 e. The van der Waals surface area contributed by atoms with Crippen LogP contribution in [-0.4, -0.2) is 23.7 Å². The van der Waals surface area contributed by atoms with Crippen LogP contribution < -0.4 is 15.6 Å². The first kappa shape index (κ1) is 24.0. The van der Waals surface area contributed by atoms with Crippen molar-refractivity contribution in [2.24, 2.45) is 7.05 Å². The molecule has 0 atom stereocenters. The first-order valence-electron chi connectivity index (χ1n) is 10.9. The quantitative estimate of drug-likeness (QED) is 0.424. The number of para-hydroxylation sites is 1. The van der Waals surface area contributed by atoms with Crippen LogP contribution in [0, 0.1) is 20.8 Å². The van der Waals surface area contributed by atoms with Gasteiger partial charge in [0.15, 0.2) is 0 Å². The van der Waals surface area contributed by atoms with E-state index in [0.717, 1.165) is 11.1 Å². The summed E-state index contributed by atoms with van der Waals surface area (Å²) in [6.07, 6.45) is 0. The molecular weight excluding hydrogens is 464 g/mol. The highest BCUT2D eigenvalue weighted by Crippen LogP contribution is 2.20. The van der Waals surface area contributed by atoms with E-state index in [0.29, 0.717) is 17.1 Å². The Morgan fingerprint density at radius 3 is 2.14 bits per heavy atom. The summed E-state index contributed by atoms with van der Waals surface area (Å²) in [7, 11) is -2.03. The van der Waals surface area contributed by atoms with Gasteiger partial charge in [-0.25, -0.2) is 13.1 Å². The number of hydrogen-bond acceptors (Lipinski definition) is 4. The zero-order valence-corrected chi connectivity index (χ0v) is 20.7. The number of benzene rings is 3. The Labute approximate surface area is 203 Å². The van der Waals surface area contributed by atoms with Crippen LogP contribution in [0.1, 0.15) is 27.2 Å². The van der Waals surface area contributed by atoms with Gasteiger partial charge in [0.05, 0.1) is 16.3 Å². The van der Waals surface area contributed by atoms with E-state index in [-0.39, 0.29) is 21.7 Å². The molecule has 9 heteroatoms. The van der Waals surface area contributed by atoms with Crippen molar-refractivity contribution >= 4 is 27.3 Å². The highest BCUT2D eigenvalue weighted by molar-refractivity contribution is 7.92. The Balaban J connectivity index is 1.53. The zero-order chi connectivity index (χ0) is 25.3. The number of aromatic nitrogens is 2. The molecule has 1 aromatic heterocycles. The fourth-order valence-corrected chi connectivity index (χ4v) is 4.83. The molecule has 35 heavy (non-hydrogen) atoms. The number of rotatable bonds is 6. The highest BCUT2D eigenvalue weighted by atomic mass is 32.2. The predicted octanol–water partition coefficient (Wildman–Crippen LogP) is 4.15. The van der Waals surface area contributed by atoms with Crippen LogP contribution in [0.15, 0.2) is 82.5 Å². The molecule has 0 aliphatic carbocycles. The Bertz CT molecular complexity index is 1570. The van der Waals surface area contributed by atoms with E-state index in [1.807, 2.05) is 44.2 Å². The van der Waals surface area contributed by atoms with Crippen LogP contribution in [0.25, 0.3) is 5.69 Å². The lowest BCUT2D eigenvalue weighted by Gasteiger charge is -2.10. The number of sulfonamides is 1. The number of anilines is 2. The van der Waals surface area contributed by atoms with E-state index < -0.39 is 15.9 Å². The number of carbonyl (C=O) groups excluding carboxylic acids is 1. The maximum absolute atomic E-state index is 13.0. The summed E-state index contributed by atoms with van der Waals surface area (Å²) >= 11 is 0. The molecule has 8 nitrogen and oxygen atoms in total. The average Bonchev–Trinajstić information content (AvgIpc) is 3.04.